The van der Waals surface area contributed by atoms with E-state index in [2.05, 4.69) is 15.9 Å². The fourth-order valence-corrected chi connectivity index (χ4v) is 2.47. The van der Waals surface area contributed by atoms with E-state index >= 15 is 0 Å². The van der Waals surface area contributed by atoms with Crippen molar-refractivity contribution in [3.8, 4) is 0 Å². The van der Waals surface area contributed by atoms with Gasteiger partial charge in [0.25, 0.3) is 5.91 Å². The van der Waals surface area contributed by atoms with E-state index in [1.165, 1.54) is 0 Å². The molecule has 0 spiro atoms. The highest BCUT2D eigenvalue weighted by molar-refractivity contribution is 9.09. The van der Waals surface area contributed by atoms with Crippen molar-refractivity contribution in [1.82, 2.24) is 4.90 Å². The van der Waals surface area contributed by atoms with Crippen LogP contribution in [-0.4, -0.2) is 22.7 Å². The molecule has 0 aliphatic rings. The zero-order valence-electron chi connectivity index (χ0n) is 11.6. The van der Waals surface area contributed by atoms with Gasteiger partial charge >= 0.3 is 0 Å². The third kappa shape index (κ3) is 3.94. The number of aryl methyl sites for hydroxylation is 1. The fourth-order valence-electron chi connectivity index (χ4n) is 2.04. The van der Waals surface area contributed by atoms with E-state index in [0.29, 0.717) is 13.1 Å². The van der Waals surface area contributed by atoms with Crippen LogP contribution in [0.2, 0.25) is 0 Å². The molecule has 0 aliphatic heterocycles. The molecule has 104 valence electrons. The zero-order valence-corrected chi connectivity index (χ0v) is 13.1. The van der Waals surface area contributed by atoms with Crippen LogP contribution in [0.1, 0.15) is 21.5 Å². The number of carbonyl (C=O) groups excluding carboxylic acids is 1. The molecule has 0 aliphatic carbocycles. The van der Waals surface area contributed by atoms with E-state index in [0.717, 1.165) is 22.0 Å². The number of benzene rings is 2. The Morgan fingerprint density at radius 1 is 1.05 bits per heavy atom. The molecule has 0 heterocycles. The number of rotatable bonds is 5. The summed E-state index contributed by atoms with van der Waals surface area (Å²) in [7, 11) is 0. The van der Waals surface area contributed by atoms with Gasteiger partial charge in [-0.1, -0.05) is 64.0 Å². The minimum absolute atomic E-state index is 0.0771. The highest BCUT2D eigenvalue weighted by Crippen LogP contribution is 2.11. The van der Waals surface area contributed by atoms with E-state index in [9.17, 15) is 4.79 Å². The Morgan fingerprint density at radius 3 is 2.30 bits per heavy atom. The van der Waals surface area contributed by atoms with Gasteiger partial charge in [0.1, 0.15) is 0 Å². The average molecular weight is 332 g/mol. The predicted molar refractivity (Wildman–Crippen MR) is 86.2 cm³/mol. The van der Waals surface area contributed by atoms with Gasteiger partial charge in [0, 0.05) is 24.0 Å². The van der Waals surface area contributed by atoms with Crippen molar-refractivity contribution in [3.05, 3.63) is 71.3 Å². The van der Waals surface area contributed by atoms with Crippen molar-refractivity contribution in [2.24, 2.45) is 0 Å². The molecule has 0 atom stereocenters. The van der Waals surface area contributed by atoms with E-state index in [1.807, 2.05) is 66.4 Å². The highest BCUT2D eigenvalue weighted by Gasteiger charge is 2.15. The third-order valence-electron chi connectivity index (χ3n) is 3.16. The second-order valence-corrected chi connectivity index (χ2v) is 5.56. The summed E-state index contributed by atoms with van der Waals surface area (Å²) in [6.07, 6.45) is 0. The van der Waals surface area contributed by atoms with E-state index in [-0.39, 0.29) is 5.91 Å². The molecule has 1 amide bonds. The van der Waals surface area contributed by atoms with Crippen LogP contribution in [0.3, 0.4) is 0 Å². The third-order valence-corrected chi connectivity index (χ3v) is 3.51. The Balaban J connectivity index is 2.15. The maximum Gasteiger partial charge on any atom is 0.254 e. The lowest BCUT2D eigenvalue weighted by atomic mass is 10.1. The van der Waals surface area contributed by atoms with Crippen LogP contribution in [0.25, 0.3) is 0 Å². The number of hydrogen-bond acceptors (Lipinski definition) is 1. The topological polar surface area (TPSA) is 20.3 Å². The Hall–Kier alpha value is -1.61. The molecule has 3 heteroatoms. The molecule has 2 aromatic carbocycles. The minimum Gasteiger partial charge on any atom is -0.333 e. The first-order valence-electron chi connectivity index (χ1n) is 6.66. The maximum atomic E-state index is 12.6. The van der Waals surface area contributed by atoms with Gasteiger partial charge in [0.15, 0.2) is 0 Å². The number of nitrogens with zero attached hydrogens (tertiary/aromatic N) is 1. The summed E-state index contributed by atoms with van der Waals surface area (Å²) in [5.74, 6) is 0.0771. The largest absolute Gasteiger partial charge is 0.333 e. The molecule has 20 heavy (non-hydrogen) atoms. The lowest BCUT2D eigenvalue weighted by Gasteiger charge is -2.22. The van der Waals surface area contributed by atoms with Gasteiger partial charge in [-0.15, -0.1) is 0 Å². The number of carbonyl (C=O) groups is 1. The van der Waals surface area contributed by atoms with Crippen LogP contribution in [0.4, 0.5) is 0 Å². The Labute approximate surface area is 128 Å². The summed E-state index contributed by atoms with van der Waals surface area (Å²) in [5.41, 5.74) is 3.05. The fraction of sp³-hybridized carbons (Fsp3) is 0.235. The van der Waals surface area contributed by atoms with Gasteiger partial charge in [-0.05, 0) is 24.6 Å². The zero-order chi connectivity index (χ0) is 14.4. The number of alkyl halides is 1. The van der Waals surface area contributed by atoms with Crippen molar-refractivity contribution in [3.63, 3.8) is 0 Å². The van der Waals surface area contributed by atoms with Crippen LogP contribution in [0, 0.1) is 6.92 Å². The molecule has 0 saturated heterocycles. The standard InChI is InChI=1S/C17H18BrNO/c1-14-7-9-16(10-8-14)17(20)19(12-11-18)13-15-5-3-2-4-6-15/h2-10H,11-13H2,1H3. The molecule has 0 fully saturated rings. The monoisotopic (exact) mass is 331 g/mol. The average Bonchev–Trinajstić information content (AvgIpc) is 2.48. The lowest BCUT2D eigenvalue weighted by Crippen LogP contribution is -2.32. The Bertz CT molecular complexity index is 551. The van der Waals surface area contributed by atoms with Crippen LogP contribution in [0.15, 0.2) is 54.6 Å². The first-order chi connectivity index (χ1) is 9.70. The van der Waals surface area contributed by atoms with Crippen molar-refractivity contribution in [2.75, 3.05) is 11.9 Å². The second-order valence-electron chi connectivity index (χ2n) is 4.77. The van der Waals surface area contributed by atoms with E-state index < -0.39 is 0 Å². The Morgan fingerprint density at radius 2 is 1.70 bits per heavy atom. The summed E-state index contributed by atoms with van der Waals surface area (Å²) in [6, 6.07) is 17.8. The number of halogens is 1. The lowest BCUT2D eigenvalue weighted by molar-refractivity contribution is 0.0754. The van der Waals surface area contributed by atoms with Gasteiger partial charge in [0.2, 0.25) is 0 Å². The number of amides is 1. The normalized spacial score (nSPS) is 10.3. The van der Waals surface area contributed by atoms with Gasteiger partial charge in [-0.3, -0.25) is 4.79 Å². The minimum atomic E-state index is 0.0771. The van der Waals surface area contributed by atoms with Crippen molar-refractivity contribution in [2.45, 2.75) is 13.5 Å². The van der Waals surface area contributed by atoms with Crippen molar-refractivity contribution in [1.29, 1.82) is 0 Å². The van der Waals surface area contributed by atoms with Crippen LogP contribution < -0.4 is 0 Å². The summed E-state index contributed by atoms with van der Waals surface area (Å²) in [5, 5.41) is 0.775. The summed E-state index contributed by atoms with van der Waals surface area (Å²) < 4.78 is 0. The molecular weight excluding hydrogens is 314 g/mol. The van der Waals surface area contributed by atoms with Crippen molar-refractivity contribution < 1.29 is 4.79 Å². The smallest absolute Gasteiger partial charge is 0.254 e. The number of hydrogen-bond donors (Lipinski definition) is 0. The molecular formula is C17H18BrNO. The molecule has 2 rings (SSSR count). The van der Waals surface area contributed by atoms with Gasteiger partial charge in [0.05, 0.1) is 0 Å². The maximum absolute atomic E-state index is 12.6. The van der Waals surface area contributed by atoms with Gasteiger partial charge in [-0.2, -0.15) is 0 Å². The van der Waals surface area contributed by atoms with Crippen LogP contribution in [-0.2, 0) is 6.54 Å². The molecule has 2 nitrogen and oxygen atoms in total. The molecule has 0 unspecified atom stereocenters. The highest BCUT2D eigenvalue weighted by atomic mass is 79.9. The molecule has 0 saturated carbocycles. The molecule has 2 aromatic rings. The van der Waals surface area contributed by atoms with Gasteiger partial charge in [-0.25, -0.2) is 0 Å². The van der Waals surface area contributed by atoms with Gasteiger partial charge < -0.3 is 4.90 Å². The Kier molecular flexibility index (Phi) is 5.36. The van der Waals surface area contributed by atoms with Crippen molar-refractivity contribution >= 4 is 21.8 Å². The summed E-state index contributed by atoms with van der Waals surface area (Å²) in [4.78, 5) is 14.4. The first kappa shape index (κ1) is 14.8. The molecule has 0 N–H and O–H groups in total. The summed E-state index contributed by atoms with van der Waals surface area (Å²) >= 11 is 3.42. The van der Waals surface area contributed by atoms with E-state index in [4.69, 9.17) is 0 Å². The van der Waals surface area contributed by atoms with Crippen LogP contribution >= 0.6 is 15.9 Å². The summed E-state index contributed by atoms with van der Waals surface area (Å²) in [6.45, 7) is 3.36. The quantitative estimate of drug-likeness (QED) is 0.757. The predicted octanol–water partition coefficient (Wildman–Crippen LogP) is 4.03. The second kappa shape index (κ2) is 7.25. The molecule has 0 bridgehead atoms. The SMILES string of the molecule is Cc1ccc(C(=O)N(CCBr)Cc2ccccc2)cc1. The molecule has 0 radical (unpaired) electrons. The first-order valence-corrected chi connectivity index (χ1v) is 7.78. The van der Waals surface area contributed by atoms with E-state index in [1.54, 1.807) is 0 Å². The van der Waals surface area contributed by atoms with Crippen LogP contribution in [0.5, 0.6) is 0 Å². The molecule has 0 aromatic heterocycles.